The quantitative estimate of drug-likeness (QED) is 0.779. The molecule has 1 atom stereocenters. The molecule has 0 aromatic heterocycles. The number of benzene rings is 1. The molecule has 102 valence electrons. The Balaban J connectivity index is 2.55. The van der Waals surface area contributed by atoms with Crippen LogP contribution in [0.4, 0.5) is 13.2 Å². The lowest BCUT2D eigenvalue weighted by Crippen LogP contribution is -2.38. The van der Waals surface area contributed by atoms with Crippen LogP contribution < -0.4 is 5.32 Å². The van der Waals surface area contributed by atoms with E-state index in [0.717, 1.165) is 5.56 Å². The number of alkyl halides is 3. The van der Waals surface area contributed by atoms with E-state index in [4.69, 9.17) is 5.11 Å². The molecule has 0 saturated carbocycles. The molecule has 0 bridgehead atoms. The van der Waals surface area contributed by atoms with Crippen LogP contribution in [0.1, 0.15) is 16.7 Å². The fourth-order valence-corrected chi connectivity index (χ4v) is 1.62. The minimum atomic E-state index is -4.60. The highest BCUT2D eigenvalue weighted by molar-refractivity contribution is 5.42. The second kappa shape index (κ2) is 5.58. The SMILES string of the molecule is Cc1cc(CNCC(O)C(F)(F)F)cc(C)c1O. The monoisotopic (exact) mass is 263 g/mol. The van der Waals surface area contributed by atoms with E-state index < -0.39 is 18.8 Å². The topological polar surface area (TPSA) is 52.5 Å². The first-order valence-corrected chi connectivity index (χ1v) is 5.46. The van der Waals surface area contributed by atoms with Gasteiger partial charge in [0.15, 0.2) is 6.10 Å². The molecule has 0 spiro atoms. The number of rotatable bonds is 4. The minimum Gasteiger partial charge on any atom is -0.507 e. The molecule has 1 rings (SSSR count). The molecule has 0 amide bonds. The van der Waals surface area contributed by atoms with E-state index in [-0.39, 0.29) is 12.3 Å². The van der Waals surface area contributed by atoms with E-state index in [9.17, 15) is 18.3 Å². The van der Waals surface area contributed by atoms with Crippen molar-refractivity contribution in [2.24, 2.45) is 0 Å². The number of phenols is 1. The van der Waals surface area contributed by atoms with Gasteiger partial charge in [0.1, 0.15) is 5.75 Å². The third-order valence-electron chi connectivity index (χ3n) is 2.60. The van der Waals surface area contributed by atoms with Crippen LogP contribution in [-0.2, 0) is 6.54 Å². The van der Waals surface area contributed by atoms with Crippen LogP contribution in [0.2, 0.25) is 0 Å². The van der Waals surface area contributed by atoms with Crippen molar-refractivity contribution in [1.82, 2.24) is 5.32 Å². The van der Waals surface area contributed by atoms with Gasteiger partial charge in [0.2, 0.25) is 0 Å². The molecule has 6 heteroatoms. The maximum atomic E-state index is 12.0. The van der Waals surface area contributed by atoms with Crippen LogP contribution in [-0.4, -0.2) is 29.0 Å². The number of aryl methyl sites for hydroxylation is 2. The highest BCUT2D eigenvalue weighted by Crippen LogP contribution is 2.23. The molecule has 0 fully saturated rings. The Hall–Kier alpha value is -1.27. The summed E-state index contributed by atoms with van der Waals surface area (Å²) >= 11 is 0. The van der Waals surface area contributed by atoms with Crippen molar-refractivity contribution < 1.29 is 23.4 Å². The number of aromatic hydroxyl groups is 1. The summed E-state index contributed by atoms with van der Waals surface area (Å²) in [5.41, 5.74) is 2.10. The van der Waals surface area contributed by atoms with Crippen LogP contribution in [0.25, 0.3) is 0 Å². The number of phenolic OH excluding ortho intramolecular Hbond substituents is 1. The van der Waals surface area contributed by atoms with Crippen molar-refractivity contribution in [3.05, 3.63) is 28.8 Å². The standard InChI is InChI=1S/C12H16F3NO2/c1-7-3-9(4-8(2)11(7)18)5-16-6-10(17)12(13,14)15/h3-4,10,16-18H,5-6H2,1-2H3. The Bertz CT molecular complexity index is 395. The van der Waals surface area contributed by atoms with Crippen molar-refractivity contribution in [2.75, 3.05) is 6.54 Å². The van der Waals surface area contributed by atoms with Crippen molar-refractivity contribution >= 4 is 0 Å². The van der Waals surface area contributed by atoms with Crippen LogP contribution in [0.15, 0.2) is 12.1 Å². The van der Waals surface area contributed by atoms with Crippen LogP contribution >= 0.6 is 0 Å². The van der Waals surface area contributed by atoms with Gasteiger partial charge < -0.3 is 15.5 Å². The maximum absolute atomic E-state index is 12.0. The van der Waals surface area contributed by atoms with Gasteiger partial charge in [0, 0.05) is 13.1 Å². The molecule has 0 aliphatic rings. The second-order valence-electron chi connectivity index (χ2n) is 4.27. The molecule has 3 nitrogen and oxygen atoms in total. The van der Waals surface area contributed by atoms with E-state index in [1.54, 1.807) is 26.0 Å². The molecular weight excluding hydrogens is 247 g/mol. The Morgan fingerprint density at radius 3 is 2.17 bits per heavy atom. The molecule has 1 unspecified atom stereocenters. The molecule has 0 saturated heterocycles. The van der Waals surface area contributed by atoms with Crippen molar-refractivity contribution in [1.29, 1.82) is 0 Å². The molecule has 0 radical (unpaired) electrons. The summed E-state index contributed by atoms with van der Waals surface area (Å²) in [5.74, 6) is 0.189. The van der Waals surface area contributed by atoms with Crippen molar-refractivity contribution in [3.63, 3.8) is 0 Å². The summed E-state index contributed by atoms with van der Waals surface area (Å²) in [5, 5.41) is 20.9. The van der Waals surface area contributed by atoms with Gasteiger partial charge in [-0.15, -0.1) is 0 Å². The molecule has 3 N–H and O–H groups in total. The number of aliphatic hydroxyl groups is 1. The van der Waals surface area contributed by atoms with Crippen molar-refractivity contribution in [3.8, 4) is 5.75 Å². The van der Waals surface area contributed by atoms with Gasteiger partial charge >= 0.3 is 6.18 Å². The molecular formula is C12H16F3NO2. The third-order valence-corrected chi connectivity index (χ3v) is 2.60. The first-order chi connectivity index (χ1) is 8.21. The Labute approximate surface area is 103 Å². The van der Waals surface area contributed by atoms with Crippen LogP contribution in [0.3, 0.4) is 0 Å². The van der Waals surface area contributed by atoms with Crippen LogP contribution in [0, 0.1) is 13.8 Å². The van der Waals surface area contributed by atoms with Gasteiger partial charge in [0.05, 0.1) is 0 Å². The fourth-order valence-electron chi connectivity index (χ4n) is 1.62. The summed E-state index contributed by atoms with van der Waals surface area (Å²) in [6, 6.07) is 3.38. The lowest BCUT2D eigenvalue weighted by Gasteiger charge is -2.15. The lowest BCUT2D eigenvalue weighted by molar-refractivity contribution is -0.201. The number of hydrogen-bond donors (Lipinski definition) is 3. The number of aliphatic hydroxyl groups excluding tert-OH is 1. The normalized spacial score (nSPS) is 13.7. The number of hydrogen-bond acceptors (Lipinski definition) is 3. The minimum absolute atomic E-state index is 0.189. The predicted molar refractivity (Wildman–Crippen MR) is 61.3 cm³/mol. The van der Waals surface area contributed by atoms with Crippen LogP contribution in [0.5, 0.6) is 5.75 Å². The van der Waals surface area contributed by atoms with Gasteiger partial charge in [-0.1, -0.05) is 12.1 Å². The van der Waals surface area contributed by atoms with Gasteiger partial charge in [-0.25, -0.2) is 0 Å². The number of nitrogens with one attached hydrogen (secondary N) is 1. The molecule has 1 aromatic rings. The third kappa shape index (κ3) is 3.89. The first-order valence-electron chi connectivity index (χ1n) is 5.46. The average molecular weight is 263 g/mol. The summed E-state index contributed by atoms with van der Waals surface area (Å²) in [6.07, 6.45) is -6.97. The highest BCUT2D eigenvalue weighted by atomic mass is 19.4. The summed E-state index contributed by atoms with van der Waals surface area (Å²) in [4.78, 5) is 0. The summed E-state index contributed by atoms with van der Waals surface area (Å²) < 4.78 is 36.1. The summed E-state index contributed by atoms with van der Waals surface area (Å²) in [6.45, 7) is 3.09. The maximum Gasteiger partial charge on any atom is 0.415 e. The predicted octanol–water partition coefficient (Wildman–Crippen LogP) is 2.02. The molecule has 18 heavy (non-hydrogen) atoms. The Kier molecular flexibility index (Phi) is 4.59. The van der Waals surface area contributed by atoms with Crippen molar-refractivity contribution in [2.45, 2.75) is 32.7 Å². The fraction of sp³-hybridized carbons (Fsp3) is 0.500. The Morgan fingerprint density at radius 1 is 1.22 bits per heavy atom. The van der Waals surface area contributed by atoms with E-state index in [0.29, 0.717) is 11.1 Å². The molecule has 0 heterocycles. The largest absolute Gasteiger partial charge is 0.507 e. The van der Waals surface area contributed by atoms with Gasteiger partial charge in [-0.3, -0.25) is 0 Å². The van der Waals surface area contributed by atoms with Gasteiger partial charge in [0.25, 0.3) is 0 Å². The highest BCUT2D eigenvalue weighted by Gasteiger charge is 2.37. The zero-order valence-corrected chi connectivity index (χ0v) is 10.2. The van der Waals surface area contributed by atoms with E-state index in [2.05, 4.69) is 5.32 Å². The molecule has 0 aliphatic carbocycles. The van der Waals surface area contributed by atoms with E-state index >= 15 is 0 Å². The average Bonchev–Trinajstić information content (AvgIpc) is 2.24. The lowest BCUT2D eigenvalue weighted by atomic mass is 10.1. The smallest absolute Gasteiger partial charge is 0.415 e. The zero-order chi connectivity index (χ0) is 13.9. The molecule has 1 aromatic carbocycles. The second-order valence-corrected chi connectivity index (χ2v) is 4.27. The van der Waals surface area contributed by atoms with Gasteiger partial charge in [-0.05, 0) is 30.5 Å². The molecule has 0 aliphatic heterocycles. The van der Waals surface area contributed by atoms with E-state index in [1.807, 2.05) is 0 Å². The van der Waals surface area contributed by atoms with E-state index in [1.165, 1.54) is 0 Å². The number of halogens is 3. The Morgan fingerprint density at radius 2 is 1.72 bits per heavy atom. The van der Waals surface area contributed by atoms with Gasteiger partial charge in [-0.2, -0.15) is 13.2 Å². The zero-order valence-electron chi connectivity index (χ0n) is 10.2. The first kappa shape index (κ1) is 14.8. The summed E-state index contributed by atoms with van der Waals surface area (Å²) in [7, 11) is 0.